The molecule has 0 bridgehead atoms. The van der Waals surface area contributed by atoms with Crippen LogP contribution in [0.3, 0.4) is 0 Å². The SMILES string of the molecule is CNC(N)=O.N=C(N)N. The van der Waals surface area contributed by atoms with E-state index in [0.29, 0.717) is 0 Å². The number of primary amides is 1. The van der Waals surface area contributed by atoms with Crippen molar-refractivity contribution in [1.29, 1.82) is 5.41 Å². The van der Waals surface area contributed by atoms with Gasteiger partial charge in [0.1, 0.15) is 0 Å². The number of hydrogen-bond acceptors (Lipinski definition) is 2. The van der Waals surface area contributed by atoms with Crippen LogP contribution in [0.5, 0.6) is 0 Å². The van der Waals surface area contributed by atoms with Crippen LogP contribution in [-0.4, -0.2) is 19.0 Å². The molecule has 0 saturated carbocycles. The van der Waals surface area contributed by atoms with Crippen molar-refractivity contribution < 1.29 is 4.79 Å². The summed E-state index contributed by atoms with van der Waals surface area (Å²) < 4.78 is 0. The number of hydrogen-bond donors (Lipinski definition) is 5. The molecule has 0 unspecified atom stereocenters. The first kappa shape index (κ1) is 10.5. The predicted molar refractivity (Wildman–Crippen MR) is 34.7 cm³/mol. The molecule has 0 fully saturated rings. The Kier molecular flexibility index (Phi) is 7.64. The lowest BCUT2D eigenvalue weighted by Crippen LogP contribution is -2.24. The van der Waals surface area contributed by atoms with Gasteiger partial charge in [-0.2, -0.15) is 0 Å². The topological polar surface area (TPSA) is 131 Å². The summed E-state index contributed by atoms with van der Waals surface area (Å²) in [5, 5.41) is 8.22. The fourth-order valence-electron chi connectivity index (χ4n) is 0. The third-order valence-electron chi connectivity index (χ3n) is 0.246. The van der Waals surface area contributed by atoms with E-state index in [2.05, 4.69) is 22.5 Å². The van der Waals surface area contributed by atoms with Crippen molar-refractivity contribution in [2.75, 3.05) is 7.05 Å². The summed E-state index contributed by atoms with van der Waals surface area (Å²) in [6.07, 6.45) is 0. The number of guanidine groups is 1. The summed E-state index contributed by atoms with van der Waals surface area (Å²) in [5.74, 6) is -0.333. The van der Waals surface area contributed by atoms with E-state index >= 15 is 0 Å². The van der Waals surface area contributed by atoms with Gasteiger partial charge in [0.15, 0.2) is 5.96 Å². The number of carbonyl (C=O) groups is 1. The number of carbonyl (C=O) groups excluding carboxylic acids is 1. The van der Waals surface area contributed by atoms with Crippen molar-refractivity contribution in [3.05, 3.63) is 0 Å². The molecule has 6 heteroatoms. The van der Waals surface area contributed by atoms with Crippen LogP contribution in [0.25, 0.3) is 0 Å². The maximum absolute atomic E-state index is 9.48. The Morgan fingerprint density at radius 1 is 1.44 bits per heavy atom. The lowest BCUT2D eigenvalue weighted by Gasteiger charge is -1.80. The standard InChI is InChI=1S/C2H6N2O.CH5N3/c1-4-2(3)5;2-1(3)4/h1H3,(H3,3,4,5);(H5,2,3,4). The summed E-state index contributed by atoms with van der Waals surface area (Å²) in [6.45, 7) is 0. The quantitative estimate of drug-likeness (QED) is 0.196. The number of rotatable bonds is 0. The van der Waals surface area contributed by atoms with Gasteiger partial charge in [-0.05, 0) is 0 Å². The first-order chi connectivity index (χ1) is 4.00. The van der Waals surface area contributed by atoms with Gasteiger partial charge in [-0.25, -0.2) is 4.79 Å². The maximum atomic E-state index is 9.48. The van der Waals surface area contributed by atoms with E-state index in [4.69, 9.17) is 5.41 Å². The van der Waals surface area contributed by atoms with Gasteiger partial charge in [-0.1, -0.05) is 0 Å². The van der Waals surface area contributed by atoms with E-state index in [-0.39, 0.29) is 5.96 Å². The third kappa shape index (κ3) is 462. The molecule has 54 valence electrons. The Hall–Kier alpha value is -1.46. The fraction of sp³-hybridized carbons (Fsp3) is 0.333. The number of nitrogens with one attached hydrogen (secondary N) is 2. The van der Waals surface area contributed by atoms with E-state index in [0.717, 1.165) is 0 Å². The Morgan fingerprint density at radius 2 is 1.56 bits per heavy atom. The lowest BCUT2D eigenvalue weighted by atomic mass is 11.1. The van der Waals surface area contributed by atoms with Crippen LogP contribution < -0.4 is 22.5 Å². The Bertz CT molecular complexity index is 96.4. The van der Waals surface area contributed by atoms with Crippen LogP contribution >= 0.6 is 0 Å². The Morgan fingerprint density at radius 3 is 1.56 bits per heavy atom. The normalized spacial score (nSPS) is 6.33. The first-order valence-electron chi connectivity index (χ1n) is 2.07. The van der Waals surface area contributed by atoms with Crippen LogP contribution in [0.15, 0.2) is 0 Å². The van der Waals surface area contributed by atoms with Gasteiger partial charge in [0.25, 0.3) is 0 Å². The minimum atomic E-state index is -0.495. The Labute approximate surface area is 52.9 Å². The Balaban J connectivity index is 0. The van der Waals surface area contributed by atoms with Crippen molar-refractivity contribution in [3.8, 4) is 0 Å². The molecular weight excluding hydrogens is 122 g/mol. The summed E-state index contributed by atoms with van der Waals surface area (Å²) in [4.78, 5) is 9.48. The average Bonchev–Trinajstić information content (AvgIpc) is 1.65. The lowest BCUT2D eigenvalue weighted by molar-refractivity contribution is 0.251. The second-order valence-corrected chi connectivity index (χ2v) is 1.07. The summed E-state index contributed by atoms with van der Waals surface area (Å²) in [5.41, 5.74) is 13.5. The van der Waals surface area contributed by atoms with Crippen LogP contribution in [0, 0.1) is 5.41 Å². The van der Waals surface area contributed by atoms with Crippen LogP contribution in [0.1, 0.15) is 0 Å². The number of urea groups is 1. The monoisotopic (exact) mass is 133 g/mol. The van der Waals surface area contributed by atoms with Gasteiger partial charge < -0.3 is 22.5 Å². The van der Waals surface area contributed by atoms with Gasteiger partial charge in [-0.3, -0.25) is 5.41 Å². The van der Waals surface area contributed by atoms with Crippen LogP contribution in [0.4, 0.5) is 4.79 Å². The van der Waals surface area contributed by atoms with E-state index < -0.39 is 6.03 Å². The molecule has 0 radical (unpaired) electrons. The summed E-state index contributed by atoms with van der Waals surface area (Å²) >= 11 is 0. The molecule has 8 N–H and O–H groups in total. The van der Waals surface area contributed by atoms with E-state index in [9.17, 15) is 4.79 Å². The van der Waals surface area contributed by atoms with E-state index in [1.165, 1.54) is 7.05 Å². The zero-order valence-electron chi connectivity index (χ0n) is 5.14. The predicted octanol–water partition coefficient (Wildman–Crippen LogP) is -1.88. The molecule has 0 saturated heterocycles. The highest BCUT2D eigenvalue weighted by atomic mass is 16.2. The maximum Gasteiger partial charge on any atom is 0.311 e. The zero-order chi connectivity index (χ0) is 7.86. The first-order valence-corrected chi connectivity index (χ1v) is 2.07. The van der Waals surface area contributed by atoms with Crippen molar-refractivity contribution in [2.45, 2.75) is 0 Å². The molecule has 0 aromatic carbocycles. The van der Waals surface area contributed by atoms with Gasteiger partial charge in [-0.15, -0.1) is 0 Å². The van der Waals surface area contributed by atoms with Crippen LogP contribution in [-0.2, 0) is 0 Å². The van der Waals surface area contributed by atoms with E-state index in [1.807, 2.05) is 0 Å². The highest BCUT2D eigenvalue weighted by Gasteiger charge is 1.72. The summed E-state index contributed by atoms with van der Waals surface area (Å²) in [7, 11) is 1.47. The highest BCUT2D eigenvalue weighted by molar-refractivity contribution is 5.71. The van der Waals surface area contributed by atoms with Crippen LogP contribution in [0.2, 0.25) is 0 Å². The molecule has 0 spiro atoms. The molecule has 6 nitrogen and oxygen atoms in total. The average molecular weight is 133 g/mol. The number of amides is 2. The zero-order valence-corrected chi connectivity index (χ0v) is 5.14. The molecule has 0 heterocycles. The van der Waals surface area contributed by atoms with Crippen molar-refractivity contribution >= 4 is 12.0 Å². The minimum absolute atomic E-state index is 0.333. The van der Waals surface area contributed by atoms with Gasteiger partial charge in [0, 0.05) is 7.05 Å². The molecule has 0 aromatic heterocycles. The van der Waals surface area contributed by atoms with E-state index in [1.54, 1.807) is 0 Å². The molecule has 0 atom stereocenters. The molecular formula is C3H11N5O. The molecule has 0 aliphatic heterocycles. The van der Waals surface area contributed by atoms with Gasteiger partial charge in [0.05, 0.1) is 0 Å². The second kappa shape index (κ2) is 6.54. The smallest absolute Gasteiger partial charge is 0.311 e. The van der Waals surface area contributed by atoms with Gasteiger partial charge >= 0.3 is 6.03 Å². The molecule has 9 heavy (non-hydrogen) atoms. The number of nitrogens with two attached hydrogens (primary N) is 3. The van der Waals surface area contributed by atoms with Crippen molar-refractivity contribution in [2.24, 2.45) is 17.2 Å². The van der Waals surface area contributed by atoms with Gasteiger partial charge in [0.2, 0.25) is 0 Å². The molecule has 2 amide bonds. The third-order valence-corrected chi connectivity index (χ3v) is 0.246. The van der Waals surface area contributed by atoms with Crippen molar-refractivity contribution in [1.82, 2.24) is 5.32 Å². The molecule has 0 aromatic rings. The molecule has 0 aliphatic rings. The molecule has 0 aliphatic carbocycles. The fourth-order valence-corrected chi connectivity index (χ4v) is 0. The summed E-state index contributed by atoms with van der Waals surface area (Å²) in [6, 6.07) is -0.495. The largest absolute Gasteiger partial charge is 0.370 e. The minimum Gasteiger partial charge on any atom is -0.370 e. The second-order valence-electron chi connectivity index (χ2n) is 1.07. The van der Waals surface area contributed by atoms with Crippen molar-refractivity contribution in [3.63, 3.8) is 0 Å². The highest BCUT2D eigenvalue weighted by Crippen LogP contribution is 1.38. The molecule has 0 rings (SSSR count).